The summed E-state index contributed by atoms with van der Waals surface area (Å²) in [4.78, 5) is 4.32. The minimum Gasteiger partial charge on any atom is -0.388 e. The lowest BCUT2D eigenvalue weighted by molar-refractivity contribution is 0.154. The average molecular weight is 275 g/mol. The molecule has 1 N–H and O–H groups in total. The standard InChI is InChI=1S/C19H17NO/c21-19(12-16-10-13-4-1-2-6-17(13)16)15-7-8-18-14(11-15)5-3-9-20-18/h1-9,11,16,19,21H,10,12H2. The smallest absolute Gasteiger partial charge is 0.0796 e. The minimum atomic E-state index is -0.409. The maximum atomic E-state index is 10.5. The number of aromatic nitrogens is 1. The quantitative estimate of drug-likeness (QED) is 0.783. The summed E-state index contributed by atoms with van der Waals surface area (Å²) in [6, 6.07) is 18.5. The fraction of sp³-hybridized carbons (Fsp3) is 0.211. The molecule has 1 aliphatic rings. The number of nitrogens with zero attached hydrogens (tertiary/aromatic N) is 1. The van der Waals surface area contributed by atoms with Crippen molar-refractivity contribution in [2.75, 3.05) is 0 Å². The van der Waals surface area contributed by atoms with Crippen LogP contribution in [0.25, 0.3) is 10.9 Å². The van der Waals surface area contributed by atoms with E-state index in [4.69, 9.17) is 0 Å². The maximum absolute atomic E-state index is 10.5. The van der Waals surface area contributed by atoms with Crippen LogP contribution in [-0.4, -0.2) is 10.1 Å². The molecule has 1 aliphatic carbocycles. The van der Waals surface area contributed by atoms with Gasteiger partial charge in [-0.1, -0.05) is 36.4 Å². The summed E-state index contributed by atoms with van der Waals surface area (Å²) in [5.74, 6) is 0.487. The molecule has 104 valence electrons. The van der Waals surface area contributed by atoms with Gasteiger partial charge in [-0.3, -0.25) is 4.98 Å². The molecule has 3 aromatic rings. The fourth-order valence-corrected chi connectivity index (χ4v) is 3.28. The number of rotatable bonds is 3. The Hall–Kier alpha value is -2.19. The zero-order chi connectivity index (χ0) is 14.2. The Labute approximate surface area is 124 Å². The SMILES string of the molecule is OC(CC1Cc2ccccc21)c1ccc2ncccc2c1. The molecule has 2 aromatic carbocycles. The number of fused-ring (bicyclic) bond motifs is 2. The second kappa shape index (κ2) is 4.97. The normalized spacial score (nSPS) is 18.0. The van der Waals surface area contributed by atoms with Gasteiger partial charge in [0.25, 0.3) is 0 Å². The van der Waals surface area contributed by atoms with Crippen LogP contribution in [0.2, 0.25) is 0 Å². The number of hydrogen-bond donors (Lipinski definition) is 1. The van der Waals surface area contributed by atoms with Gasteiger partial charge in [0.05, 0.1) is 11.6 Å². The molecule has 1 aromatic heterocycles. The van der Waals surface area contributed by atoms with Crippen molar-refractivity contribution in [3.8, 4) is 0 Å². The molecule has 21 heavy (non-hydrogen) atoms. The van der Waals surface area contributed by atoms with E-state index in [1.54, 1.807) is 6.20 Å². The first-order valence-corrected chi connectivity index (χ1v) is 7.42. The van der Waals surface area contributed by atoms with E-state index < -0.39 is 6.10 Å². The van der Waals surface area contributed by atoms with Gasteiger partial charge in [-0.25, -0.2) is 0 Å². The van der Waals surface area contributed by atoms with Crippen LogP contribution in [0, 0.1) is 0 Å². The van der Waals surface area contributed by atoms with Crippen molar-refractivity contribution in [3.63, 3.8) is 0 Å². The van der Waals surface area contributed by atoms with Gasteiger partial charge in [0.15, 0.2) is 0 Å². The summed E-state index contributed by atoms with van der Waals surface area (Å²) in [7, 11) is 0. The Kier molecular flexibility index (Phi) is 2.97. The van der Waals surface area contributed by atoms with Crippen LogP contribution >= 0.6 is 0 Å². The molecular formula is C19H17NO. The van der Waals surface area contributed by atoms with Crippen LogP contribution in [0.15, 0.2) is 60.8 Å². The monoisotopic (exact) mass is 275 g/mol. The second-order valence-electron chi connectivity index (χ2n) is 5.81. The van der Waals surface area contributed by atoms with Gasteiger partial charge in [-0.15, -0.1) is 0 Å². The third kappa shape index (κ3) is 2.22. The molecule has 0 amide bonds. The van der Waals surface area contributed by atoms with E-state index in [9.17, 15) is 5.11 Å². The predicted molar refractivity (Wildman–Crippen MR) is 84.2 cm³/mol. The molecule has 2 nitrogen and oxygen atoms in total. The largest absolute Gasteiger partial charge is 0.388 e. The lowest BCUT2D eigenvalue weighted by atomic mass is 9.74. The van der Waals surface area contributed by atoms with E-state index in [2.05, 4.69) is 35.3 Å². The highest BCUT2D eigenvalue weighted by molar-refractivity contribution is 5.79. The molecule has 2 heteroatoms. The Bertz CT molecular complexity index is 796. The molecule has 2 unspecified atom stereocenters. The lowest BCUT2D eigenvalue weighted by Crippen LogP contribution is -2.19. The molecule has 0 radical (unpaired) electrons. The van der Waals surface area contributed by atoms with Crippen LogP contribution in [0.1, 0.15) is 35.1 Å². The molecule has 0 bridgehead atoms. The minimum absolute atomic E-state index is 0.409. The van der Waals surface area contributed by atoms with Crippen molar-refractivity contribution < 1.29 is 5.11 Å². The summed E-state index contributed by atoms with van der Waals surface area (Å²) in [6.45, 7) is 0. The number of pyridine rings is 1. The van der Waals surface area contributed by atoms with Crippen molar-refractivity contribution in [2.24, 2.45) is 0 Å². The van der Waals surface area contributed by atoms with Gasteiger partial charge in [-0.05, 0) is 53.6 Å². The van der Waals surface area contributed by atoms with Crippen LogP contribution in [-0.2, 0) is 6.42 Å². The highest BCUT2D eigenvalue weighted by Crippen LogP contribution is 2.40. The van der Waals surface area contributed by atoms with Crippen molar-refractivity contribution in [2.45, 2.75) is 24.9 Å². The zero-order valence-corrected chi connectivity index (χ0v) is 11.7. The van der Waals surface area contributed by atoms with E-state index in [1.165, 1.54) is 11.1 Å². The van der Waals surface area contributed by atoms with Crippen LogP contribution < -0.4 is 0 Å². The van der Waals surface area contributed by atoms with E-state index in [0.29, 0.717) is 5.92 Å². The molecule has 0 aliphatic heterocycles. The Morgan fingerprint density at radius 3 is 2.90 bits per heavy atom. The van der Waals surface area contributed by atoms with Crippen LogP contribution in [0.5, 0.6) is 0 Å². The molecule has 2 atom stereocenters. The van der Waals surface area contributed by atoms with Gasteiger partial charge in [0.2, 0.25) is 0 Å². The van der Waals surface area contributed by atoms with E-state index in [0.717, 1.165) is 29.3 Å². The Morgan fingerprint density at radius 1 is 1.10 bits per heavy atom. The first-order chi connectivity index (χ1) is 10.3. The third-order valence-electron chi connectivity index (χ3n) is 4.48. The fourth-order valence-electron chi connectivity index (χ4n) is 3.28. The number of aliphatic hydroxyl groups is 1. The highest BCUT2D eigenvalue weighted by atomic mass is 16.3. The molecular weight excluding hydrogens is 258 g/mol. The van der Waals surface area contributed by atoms with Crippen molar-refractivity contribution in [3.05, 3.63) is 77.5 Å². The number of benzene rings is 2. The van der Waals surface area contributed by atoms with E-state index >= 15 is 0 Å². The van der Waals surface area contributed by atoms with Gasteiger partial charge in [0.1, 0.15) is 0 Å². The summed E-state index contributed by atoms with van der Waals surface area (Å²) in [6.07, 6.45) is 3.27. The Morgan fingerprint density at radius 2 is 2.00 bits per heavy atom. The van der Waals surface area contributed by atoms with E-state index in [1.807, 2.05) is 24.3 Å². The zero-order valence-electron chi connectivity index (χ0n) is 11.7. The molecule has 0 saturated heterocycles. The van der Waals surface area contributed by atoms with Crippen molar-refractivity contribution in [1.29, 1.82) is 0 Å². The summed E-state index contributed by atoms with van der Waals surface area (Å²) >= 11 is 0. The summed E-state index contributed by atoms with van der Waals surface area (Å²) in [5, 5.41) is 11.6. The molecule has 0 fully saturated rings. The van der Waals surface area contributed by atoms with Gasteiger partial charge in [-0.2, -0.15) is 0 Å². The highest BCUT2D eigenvalue weighted by Gasteiger charge is 2.27. The molecule has 0 saturated carbocycles. The third-order valence-corrected chi connectivity index (χ3v) is 4.48. The second-order valence-corrected chi connectivity index (χ2v) is 5.81. The van der Waals surface area contributed by atoms with Gasteiger partial charge >= 0.3 is 0 Å². The van der Waals surface area contributed by atoms with Crippen molar-refractivity contribution in [1.82, 2.24) is 4.98 Å². The first kappa shape index (κ1) is 12.5. The number of aliphatic hydroxyl groups excluding tert-OH is 1. The predicted octanol–water partition coefficient (Wildman–Crippen LogP) is 4.00. The molecule has 1 heterocycles. The van der Waals surface area contributed by atoms with Crippen molar-refractivity contribution >= 4 is 10.9 Å². The number of hydrogen-bond acceptors (Lipinski definition) is 2. The topological polar surface area (TPSA) is 33.1 Å². The van der Waals surface area contributed by atoms with E-state index in [-0.39, 0.29) is 0 Å². The summed E-state index contributed by atoms with van der Waals surface area (Å²) < 4.78 is 0. The van der Waals surface area contributed by atoms with Crippen LogP contribution in [0.3, 0.4) is 0 Å². The first-order valence-electron chi connectivity index (χ1n) is 7.42. The molecule has 4 rings (SSSR count). The summed E-state index contributed by atoms with van der Waals surface area (Å²) in [5.41, 5.74) is 4.79. The van der Waals surface area contributed by atoms with Gasteiger partial charge < -0.3 is 5.11 Å². The average Bonchev–Trinajstić information content (AvgIpc) is 2.52. The van der Waals surface area contributed by atoms with Gasteiger partial charge in [0, 0.05) is 11.6 Å². The molecule has 0 spiro atoms. The Balaban J connectivity index is 1.56. The van der Waals surface area contributed by atoms with Crippen LogP contribution in [0.4, 0.5) is 0 Å². The maximum Gasteiger partial charge on any atom is 0.0796 e. The lowest BCUT2D eigenvalue weighted by Gasteiger charge is -2.31.